The molecule has 1 N–H and O–H groups in total. The minimum Gasteiger partial charge on any atom is -0.355 e. The van der Waals surface area contributed by atoms with Crippen LogP contribution in [0.1, 0.15) is 35.1 Å². The van der Waals surface area contributed by atoms with Crippen molar-refractivity contribution in [3.05, 3.63) is 80.6 Å². The number of piperazine rings is 1. The van der Waals surface area contributed by atoms with Crippen molar-refractivity contribution in [3.8, 4) is 0 Å². The van der Waals surface area contributed by atoms with Gasteiger partial charge in [0.15, 0.2) is 0 Å². The third kappa shape index (κ3) is 9.38. The van der Waals surface area contributed by atoms with Gasteiger partial charge in [-0.15, -0.1) is 0 Å². The number of thioether (sulfide) groups is 2. The molecule has 246 valence electrons. The van der Waals surface area contributed by atoms with Crippen LogP contribution < -0.4 is 5.32 Å². The molecule has 3 fully saturated rings. The van der Waals surface area contributed by atoms with Crippen molar-refractivity contribution in [3.63, 3.8) is 0 Å². The summed E-state index contributed by atoms with van der Waals surface area (Å²) in [5.41, 5.74) is 4.17. The molecule has 0 spiro atoms. The minimum atomic E-state index is -0.172. The molecule has 47 heavy (non-hydrogen) atoms. The predicted octanol–water partition coefficient (Wildman–Crippen LogP) is 4.45. The number of aryl methyl sites for hydroxylation is 2. The van der Waals surface area contributed by atoms with Crippen molar-refractivity contribution in [1.29, 1.82) is 0 Å². The van der Waals surface area contributed by atoms with Crippen LogP contribution in [0.5, 0.6) is 0 Å². The number of nitrogens with zero attached hydrogens (tertiary/aromatic N) is 4. The number of thiocarbonyl (C=S) groups is 2. The van der Waals surface area contributed by atoms with Gasteiger partial charge in [0.1, 0.15) is 8.64 Å². The maximum atomic E-state index is 12.9. The van der Waals surface area contributed by atoms with E-state index in [2.05, 4.69) is 10.2 Å². The fourth-order valence-electron chi connectivity index (χ4n) is 5.26. The van der Waals surface area contributed by atoms with Gasteiger partial charge < -0.3 is 10.2 Å². The summed E-state index contributed by atoms with van der Waals surface area (Å²) >= 11 is 13.4. The summed E-state index contributed by atoms with van der Waals surface area (Å²) in [4.78, 5) is 59.5. The molecule has 0 aliphatic carbocycles. The van der Waals surface area contributed by atoms with Gasteiger partial charge in [-0.1, -0.05) is 108 Å². The summed E-state index contributed by atoms with van der Waals surface area (Å²) < 4.78 is 0.934. The molecular weight excluding hydrogens is 671 g/mol. The molecule has 3 heterocycles. The average Bonchev–Trinajstić information content (AvgIpc) is 3.48. The van der Waals surface area contributed by atoms with Gasteiger partial charge >= 0.3 is 0 Å². The van der Waals surface area contributed by atoms with Crippen LogP contribution in [0.25, 0.3) is 12.2 Å². The highest BCUT2D eigenvalue weighted by molar-refractivity contribution is 8.27. The van der Waals surface area contributed by atoms with Crippen LogP contribution in [0.3, 0.4) is 0 Å². The quantitative estimate of drug-likeness (QED) is 0.269. The lowest BCUT2D eigenvalue weighted by atomic mass is 10.1. The SMILES string of the molecule is Cc1ccc(C=C2SC(=S)N(CCC(=O)NCCN3CCN(C(=O)CCN4C(=O)C(=Cc5ccc(C)cc5)SC4=S)CC3)C2=O)cc1. The van der Waals surface area contributed by atoms with E-state index in [9.17, 15) is 19.2 Å². The van der Waals surface area contributed by atoms with Gasteiger partial charge in [0.05, 0.1) is 9.81 Å². The molecule has 0 radical (unpaired) electrons. The predicted molar refractivity (Wildman–Crippen MR) is 197 cm³/mol. The molecule has 9 nitrogen and oxygen atoms in total. The molecule has 13 heteroatoms. The van der Waals surface area contributed by atoms with Crippen LogP contribution in [-0.2, 0) is 19.2 Å². The first kappa shape index (κ1) is 35.0. The number of rotatable bonds is 11. The fraction of sp³-hybridized carbons (Fsp3) is 0.353. The summed E-state index contributed by atoms with van der Waals surface area (Å²) in [6.07, 6.45) is 4.05. The van der Waals surface area contributed by atoms with Crippen molar-refractivity contribution < 1.29 is 19.2 Å². The Hall–Kier alpha value is -3.36. The zero-order valence-electron chi connectivity index (χ0n) is 26.4. The minimum absolute atomic E-state index is 0.000998. The van der Waals surface area contributed by atoms with Gasteiger partial charge in [0.25, 0.3) is 11.8 Å². The van der Waals surface area contributed by atoms with Crippen molar-refractivity contribution in [2.75, 3.05) is 52.4 Å². The molecular formula is C34H37N5O4S4. The Balaban J connectivity index is 0.975. The average molecular weight is 708 g/mol. The molecule has 3 aliphatic rings. The monoisotopic (exact) mass is 707 g/mol. The third-order valence-electron chi connectivity index (χ3n) is 8.08. The summed E-state index contributed by atoms with van der Waals surface area (Å²) in [6.45, 7) is 8.24. The summed E-state index contributed by atoms with van der Waals surface area (Å²) in [7, 11) is 0. The van der Waals surface area contributed by atoms with E-state index in [0.717, 1.165) is 22.3 Å². The molecule has 0 saturated carbocycles. The highest BCUT2D eigenvalue weighted by Gasteiger charge is 2.33. The van der Waals surface area contributed by atoms with Gasteiger partial charge in [-0.05, 0) is 37.1 Å². The molecule has 3 saturated heterocycles. The molecule has 0 atom stereocenters. The topological polar surface area (TPSA) is 93.3 Å². The van der Waals surface area contributed by atoms with Crippen LogP contribution in [0.4, 0.5) is 0 Å². The van der Waals surface area contributed by atoms with Crippen LogP contribution in [0.15, 0.2) is 58.3 Å². The summed E-state index contributed by atoms with van der Waals surface area (Å²) in [5.74, 6) is -0.471. The number of benzene rings is 2. The van der Waals surface area contributed by atoms with Gasteiger partial charge in [-0.3, -0.25) is 33.9 Å². The first-order valence-corrected chi connectivity index (χ1v) is 17.9. The first-order chi connectivity index (χ1) is 22.6. The lowest BCUT2D eigenvalue weighted by molar-refractivity contribution is -0.133. The lowest BCUT2D eigenvalue weighted by Crippen LogP contribution is -2.50. The Morgan fingerprint density at radius 1 is 0.723 bits per heavy atom. The van der Waals surface area contributed by atoms with E-state index < -0.39 is 0 Å². The van der Waals surface area contributed by atoms with Gasteiger partial charge in [-0.2, -0.15) is 0 Å². The number of carbonyl (C=O) groups is 4. The molecule has 4 amide bonds. The fourth-order valence-corrected chi connectivity index (χ4v) is 7.87. The molecule has 2 aromatic rings. The first-order valence-electron chi connectivity index (χ1n) is 15.5. The van der Waals surface area contributed by atoms with Crippen LogP contribution in [0.2, 0.25) is 0 Å². The Kier molecular flexibility index (Phi) is 12.0. The smallest absolute Gasteiger partial charge is 0.266 e. The third-order valence-corrected chi connectivity index (χ3v) is 10.8. The van der Waals surface area contributed by atoms with E-state index >= 15 is 0 Å². The molecule has 5 rings (SSSR count). The molecule has 2 aromatic carbocycles. The van der Waals surface area contributed by atoms with E-state index in [4.69, 9.17) is 24.4 Å². The number of hydrogen-bond acceptors (Lipinski definition) is 9. The van der Waals surface area contributed by atoms with E-state index in [0.29, 0.717) is 57.7 Å². The van der Waals surface area contributed by atoms with Gasteiger partial charge in [0, 0.05) is 65.2 Å². The number of nitrogens with one attached hydrogen (secondary N) is 1. The largest absolute Gasteiger partial charge is 0.355 e. The highest BCUT2D eigenvalue weighted by atomic mass is 32.2. The second kappa shape index (κ2) is 16.2. The molecule has 0 unspecified atom stereocenters. The Morgan fingerprint density at radius 3 is 1.68 bits per heavy atom. The van der Waals surface area contributed by atoms with Crippen LogP contribution in [-0.4, -0.2) is 104 Å². The van der Waals surface area contributed by atoms with Crippen molar-refractivity contribution >= 4 is 92.4 Å². The van der Waals surface area contributed by atoms with E-state index in [1.807, 2.05) is 79.4 Å². The molecule has 0 aromatic heterocycles. The van der Waals surface area contributed by atoms with Gasteiger partial charge in [-0.25, -0.2) is 0 Å². The molecule has 3 aliphatic heterocycles. The zero-order chi connectivity index (χ0) is 33.5. The zero-order valence-corrected chi connectivity index (χ0v) is 29.7. The summed E-state index contributed by atoms with van der Waals surface area (Å²) in [6, 6.07) is 15.8. The number of carbonyl (C=O) groups excluding carboxylic acids is 4. The maximum absolute atomic E-state index is 12.9. The Morgan fingerprint density at radius 2 is 1.19 bits per heavy atom. The number of amides is 4. The van der Waals surface area contributed by atoms with E-state index in [-0.39, 0.29) is 49.6 Å². The second-order valence-corrected chi connectivity index (χ2v) is 14.9. The number of hydrogen-bond donors (Lipinski definition) is 1. The van der Waals surface area contributed by atoms with E-state index in [1.165, 1.54) is 33.3 Å². The van der Waals surface area contributed by atoms with Gasteiger partial charge in [0.2, 0.25) is 11.8 Å². The maximum Gasteiger partial charge on any atom is 0.266 e. The van der Waals surface area contributed by atoms with Crippen LogP contribution >= 0.6 is 48.0 Å². The Labute approximate surface area is 294 Å². The van der Waals surface area contributed by atoms with E-state index in [1.54, 1.807) is 0 Å². The normalized spacial score (nSPS) is 19.1. The lowest BCUT2D eigenvalue weighted by Gasteiger charge is -2.35. The highest BCUT2D eigenvalue weighted by Crippen LogP contribution is 2.33. The second-order valence-electron chi connectivity index (χ2n) is 11.6. The van der Waals surface area contributed by atoms with Crippen molar-refractivity contribution in [2.24, 2.45) is 0 Å². The Bertz CT molecular complexity index is 1610. The summed E-state index contributed by atoms with van der Waals surface area (Å²) in [5, 5.41) is 2.93. The van der Waals surface area contributed by atoms with Crippen LogP contribution in [0, 0.1) is 13.8 Å². The molecule has 0 bridgehead atoms. The standard InChI is InChI=1S/C34H37N5O4S4/c1-23-3-7-25(8-4-23)21-27-31(42)38(33(44)46-27)14-11-29(40)35-13-16-36-17-19-37(20-18-36)30(41)12-15-39-32(43)28(47-34(39)45)22-26-9-5-24(2)6-10-26/h3-10,21-22H,11-20H2,1-2H3,(H,35,40). The van der Waals surface area contributed by atoms with Crippen molar-refractivity contribution in [1.82, 2.24) is 24.9 Å². The van der Waals surface area contributed by atoms with Crippen molar-refractivity contribution in [2.45, 2.75) is 26.7 Å².